The Hall–Kier alpha value is -1.37. The van der Waals surface area contributed by atoms with Gasteiger partial charge >= 0.3 is 6.09 Å². The standard InChI is InChI=1S/C22H35NO7/c1-19(2,3)30-18(25)23-14-16-17(15(10-8-9-13-24)22(23)11-12-22)29-21(5,27-7)20(4,26-6)28-16/h15-17,24H,9,11-14H2,1-7H3/t15-,16-,17-,20+,21+/m1/s1. The summed E-state index contributed by atoms with van der Waals surface area (Å²) in [4.78, 5) is 14.9. The van der Waals surface area contributed by atoms with Gasteiger partial charge in [0.15, 0.2) is 0 Å². The van der Waals surface area contributed by atoms with E-state index in [0.29, 0.717) is 13.0 Å². The van der Waals surface area contributed by atoms with Crippen molar-refractivity contribution in [3.8, 4) is 11.8 Å². The van der Waals surface area contributed by atoms with E-state index in [-0.39, 0.29) is 18.6 Å². The van der Waals surface area contributed by atoms with Gasteiger partial charge in [-0.15, -0.1) is 5.92 Å². The maximum atomic E-state index is 13.1. The third kappa shape index (κ3) is 3.94. The van der Waals surface area contributed by atoms with Crippen molar-refractivity contribution in [1.82, 2.24) is 4.90 Å². The monoisotopic (exact) mass is 425 g/mol. The molecule has 0 bridgehead atoms. The van der Waals surface area contributed by atoms with Crippen molar-refractivity contribution in [3.05, 3.63) is 0 Å². The first kappa shape index (κ1) is 23.3. The van der Waals surface area contributed by atoms with Crippen LogP contribution in [-0.4, -0.2) is 78.4 Å². The minimum atomic E-state index is -1.17. The van der Waals surface area contributed by atoms with Crippen LogP contribution in [0.2, 0.25) is 0 Å². The number of carbonyl (C=O) groups excluding carboxylic acids is 1. The van der Waals surface area contributed by atoms with Crippen molar-refractivity contribution in [2.75, 3.05) is 27.4 Å². The van der Waals surface area contributed by atoms with E-state index >= 15 is 0 Å². The third-order valence-corrected chi connectivity index (χ3v) is 6.39. The molecule has 0 aromatic carbocycles. The number of ether oxygens (including phenoxy) is 5. The number of nitrogens with zero attached hydrogens (tertiary/aromatic N) is 1. The predicted octanol–water partition coefficient (Wildman–Crippen LogP) is 2.28. The first-order valence-corrected chi connectivity index (χ1v) is 10.5. The number of carbonyl (C=O) groups is 1. The fraction of sp³-hybridized carbons (Fsp3) is 0.864. The average molecular weight is 426 g/mol. The van der Waals surface area contributed by atoms with Gasteiger partial charge in [-0.2, -0.15) is 0 Å². The molecule has 0 unspecified atom stereocenters. The van der Waals surface area contributed by atoms with Gasteiger partial charge in [-0.05, 0) is 47.5 Å². The van der Waals surface area contributed by atoms with Crippen LogP contribution in [0.25, 0.3) is 0 Å². The van der Waals surface area contributed by atoms with Gasteiger partial charge < -0.3 is 28.8 Å². The molecule has 8 nitrogen and oxygen atoms in total. The molecule has 2 aliphatic heterocycles. The van der Waals surface area contributed by atoms with E-state index < -0.39 is 34.9 Å². The molecule has 5 atom stereocenters. The molecular weight excluding hydrogens is 390 g/mol. The van der Waals surface area contributed by atoms with E-state index in [9.17, 15) is 9.90 Å². The predicted molar refractivity (Wildman–Crippen MR) is 108 cm³/mol. The summed E-state index contributed by atoms with van der Waals surface area (Å²) >= 11 is 0. The van der Waals surface area contributed by atoms with Crippen LogP contribution in [0.15, 0.2) is 0 Å². The topological polar surface area (TPSA) is 86.7 Å². The number of likely N-dealkylation sites (tertiary alicyclic amines) is 1. The highest BCUT2D eigenvalue weighted by Gasteiger charge is 2.68. The molecule has 30 heavy (non-hydrogen) atoms. The summed E-state index contributed by atoms with van der Waals surface area (Å²) in [6.07, 6.45) is 0.714. The van der Waals surface area contributed by atoms with Gasteiger partial charge in [-0.3, -0.25) is 4.90 Å². The highest BCUT2D eigenvalue weighted by molar-refractivity contribution is 5.70. The number of rotatable bonds is 3. The van der Waals surface area contributed by atoms with Gasteiger partial charge in [-0.25, -0.2) is 4.79 Å². The van der Waals surface area contributed by atoms with Gasteiger partial charge in [-0.1, -0.05) is 5.92 Å². The summed E-state index contributed by atoms with van der Waals surface area (Å²) in [5, 5.41) is 9.18. The highest BCUT2D eigenvalue weighted by atomic mass is 16.8. The quantitative estimate of drug-likeness (QED) is 0.694. The Morgan fingerprint density at radius 1 is 1.17 bits per heavy atom. The highest BCUT2D eigenvalue weighted by Crippen LogP contribution is 2.56. The number of fused-ring (bicyclic) bond motifs is 1. The molecule has 3 aliphatic rings. The van der Waals surface area contributed by atoms with Gasteiger partial charge in [0.1, 0.15) is 17.8 Å². The molecule has 3 rings (SSSR count). The van der Waals surface area contributed by atoms with E-state index in [0.717, 1.165) is 12.8 Å². The van der Waals surface area contributed by atoms with E-state index in [1.807, 2.05) is 20.8 Å². The summed E-state index contributed by atoms with van der Waals surface area (Å²) in [5.74, 6) is 3.69. The number of piperidine rings is 1. The lowest BCUT2D eigenvalue weighted by molar-refractivity contribution is -0.456. The number of amides is 1. The van der Waals surface area contributed by atoms with E-state index in [1.54, 1.807) is 25.9 Å². The molecule has 1 spiro atoms. The fourth-order valence-electron chi connectivity index (χ4n) is 4.37. The smallest absolute Gasteiger partial charge is 0.410 e. The lowest BCUT2D eigenvalue weighted by Gasteiger charge is -2.57. The van der Waals surface area contributed by atoms with Crippen LogP contribution in [0.1, 0.15) is 53.9 Å². The largest absolute Gasteiger partial charge is 0.444 e. The first-order chi connectivity index (χ1) is 14.0. The summed E-state index contributed by atoms with van der Waals surface area (Å²) in [7, 11) is 3.09. The summed E-state index contributed by atoms with van der Waals surface area (Å²) in [5.41, 5.74) is -1.08. The Morgan fingerprint density at radius 3 is 2.27 bits per heavy atom. The maximum absolute atomic E-state index is 13.1. The molecular formula is C22H35NO7. The molecule has 0 radical (unpaired) electrons. The van der Waals surface area contributed by atoms with Gasteiger partial charge in [0.25, 0.3) is 0 Å². The van der Waals surface area contributed by atoms with E-state index in [1.165, 1.54) is 7.11 Å². The Labute approximate surface area is 179 Å². The number of methoxy groups -OCH3 is 2. The van der Waals surface area contributed by atoms with Crippen molar-refractivity contribution < 1.29 is 33.6 Å². The van der Waals surface area contributed by atoms with E-state index in [2.05, 4.69) is 11.8 Å². The van der Waals surface area contributed by atoms with Crippen LogP contribution in [-0.2, 0) is 23.7 Å². The number of aliphatic hydroxyl groups is 1. The molecule has 0 aromatic rings. The SMILES string of the molecule is CO[C@@]1(C)O[C@@H]2[C@@H](C#CCCO)C3(CC3)N(C(=O)OC(C)(C)C)C[C@H]2O[C@]1(C)OC. The lowest BCUT2D eigenvalue weighted by Crippen LogP contribution is -2.72. The van der Waals surface area contributed by atoms with Crippen molar-refractivity contribution >= 4 is 6.09 Å². The average Bonchev–Trinajstić information content (AvgIpc) is 3.45. The van der Waals surface area contributed by atoms with Crippen LogP contribution in [0, 0.1) is 17.8 Å². The summed E-state index contributed by atoms with van der Waals surface area (Å²) in [6, 6.07) is 0. The second-order valence-corrected chi connectivity index (χ2v) is 9.51. The number of hydrogen-bond donors (Lipinski definition) is 1. The fourth-order valence-corrected chi connectivity index (χ4v) is 4.37. The van der Waals surface area contributed by atoms with Crippen LogP contribution < -0.4 is 0 Å². The van der Waals surface area contributed by atoms with Crippen LogP contribution in [0.5, 0.6) is 0 Å². The molecule has 1 saturated carbocycles. The Kier molecular flexibility index (Phi) is 6.18. The third-order valence-electron chi connectivity index (χ3n) is 6.39. The molecule has 1 aliphatic carbocycles. The molecule has 170 valence electrons. The van der Waals surface area contributed by atoms with Crippen molar-refractivity contribution in [2.24, 2.45) is 5.92 Å². The molecule has 2 saturated heterocycles. The zero-order chi connectivity index (χ0) is 22.4. The first-order valence-electron chi connectivity index (χ1n) is 10.5. The van der Waals surface area contributed by atoms with Crippen LogP contribution >= 0.6 is 0 Å². The molecule has 3 fully saturated rings. The summed E-state index contributed by atoms with van der Waals surface area (Å²) in [6.45, 7) is 9.39. The molecule has 1 N–H and O–H groups in total. The second-order valence-electron chi connectivity index (χ2n) is 9.51. The van der Waals surface area contributed by atoms with Crippen molar-refractivity contribution in [3.63, 3.8) is 0 Å². The molecule has 2 heterocycles. The zero-order valence-electron chi connectivity index (χ0n) is 19.1. The molecule has 8 heteroatoms. The Morgan fingerprint density at radius 2 is 1.77 bits per heavy atom. The second kappa shape index (κ2) is 7.95. The minimum absolute atomic E-state index is 0.0223. The van der Waals surface area contributed by atoms with Crippen molar-refractivity contribution in [1.29, 1.82) is 0 Å². The number of aliphatic hydroxyl groups excluding tert-OH is 1. The van der Waals surface area contributed by atoms with Crippen LogP contribution in [0.4, 0.5) is 4.79 Å². The van der Waals surface area contributed by atoms with Gasteiger partial charge in [0.2, 0.25) is 11.6 Å². The summed E-state index contributed by atoms with van der Waals surface area (Å²) < 4.78 is 29.8. The zero-order valence-corrected chi connectivity index (χ0v) is 19.1. The number of hydrogen-bond acceptors (Lipinski definition) is 7. The maximum Gasteiger partial charge on any atom is 0.410 e. The normalized spacial score (nSPS) is 37.2. The van der Waals surface area contributed by atoms with Crippen LogP contribution in [0.3, 0.4) is 0 Å². The Bertz CT molecular complexity index is 719. The van der Waals surface area contributed by atoms with E-state index in [4.69, 9.17) is 23.7 Å². The van der Waals surface area contributed by atoms with Crippen molar-refractivity contribution in [2.45, 2.75) is 88.8 Å². The lowest BCUT2D eigenvalue weighted by atomic mass is 9.81. The molecule has 0 aromatic heterocycles. The minimum Gasteiger partial charge on any atom is -0.444 e. The van der Waals surface area contributed by atoms with Gasteiger partial charge in [0, 0.05) is 20.6 Å². The Balaban J connectivity index is 1.98. The molecule has 1 amide bonds. The van der Waals surface area contributed by atoms with Gasteiger partial charge in [0.05, 0.1) is 24.6 Å².